The van der Waals surface area contributed by atoms with Crippen LogP contribution in [-0.2, 0) is 19.6 Å². The maximum atomic E-state index is 12.2. The zero-order valence-electron chi connectivity index (χ0n) is 13.2. The van der Waals surface area contributed by atoms with Crippen molar-refractivity contribution in [3.05, 3.63) is 0 Å². The molecule has 0 aromatic heterocycles. The highest BCUT2D eigenvalue weighted by Crippen LogP contribution is 2.22. The Bertz CT molecular complexity index is 491. The van der Waals surface area contributed by atoms with Gasteiger partial charge in [0.05, 0.1) is 11.7 Å². The predicted molar refractivity (Wildman–Crippen MR) is 82.8 cm³/mol. The quantitative estimate of drug-likeness (QED) is 0.649. The van der Waals surface area contributed by atoms with Gasteiger partial charge in [0.15, 0.2) is 0 Å². The van der Waals surface area contributed by atoms with Gasteiger partial charge in [0.2, 0.25) is 15.9 Å². The number of nitrogens with zero attached hydrogens (tertiary/aromatic N) is 1. The third kappa shape index (κ3) is 4.95. The number of aliphatic carboxylic acids is 1. The van der Waals surface area contributed by atoms with Crippen LogP contribution in [-0.4, -0.2) is 54.6 Å². The van der Waals surface area contributed by atoms with Crippen molar-refractivity contribution < 1.29 is 23.1 Å². The number of rotatable bonds is 9. The van der Waals surface area contributed by atoms with Crippen molar-refractivity contribution in [2.45, 2.75) is 52.0 Å². The Balaban J connectivity index is 2.66. The van der Waals surface area contributed by atoms with Crippen molar-refractivity contribution >= 4 is 21.9 Å². The first-order valence-electron chi connectivity index (χ1n) is 7.83. The van der Waals surface area contributed by atoms with E-state index in [0.29, 0.717) is 38.6 Å². The van der Waals surface area contributed by atoms with Gasteiger partial charge in [0.25, 0.3) is 0 Å². The number of nitrogens with one attached hydrogen (secondary N) is 1. The van der Waals surface area contributed by atoms with Crippen molar-refractivity contribution in [2.24, 2.45) is 5.92 Å². The van der Waals surface area contributed by atoms with E-state index in [-0.39, 0.29) is 18.2 Å². The van der Waals surface area contributed by atoms with Crippen molar-refractivity contribution in [1.82, 2.24) is 9.62 Å². The van der Waals surface area contributed by atoms with E-state index in [1.165, 1.54) is 4.31 Å². The summed E-state index contributed by atoms with van der Waals surface area (Å²) in [5.41, 5.74) is 0. The molecule has 1 aliphatic heterocycles. The van der Waals surface area contributed by atoms with Gasteiger partial charge >= 0.3 is 5.97 Å². The van der Waals surface area contributed by atoms with Crippen LogP contribution in [0.4, 0.5) is 0 Å². The van der Waals surface area contributed by atoms with Gasteiger partial charge in [-0.3, -0.25) is 9.59 Å². The molecule has 2 unspecified atom stereocenters. The molecule has 0 radical (unpaired) electrons. The third-order valence-corrected chi connectivity index (χ3v) is 5.91. The zero-order valence-corrected chi connectivity index (χ0v) is 14.1. The Morgan fingerprint density at radius 3 is 2.55 bits per heavy atom. The molecule has 0 saturated carbocycles. The van der Waals surface area contributed by atoms with Crippen LogP contribution in [0.15, 0.2) is 0 Å². The minimum absolute atomic E-state index is 0.0321. The summed E-state index contributed by atoms with van der Waals surface area (Å²) >= 11 is 0. The molecule has 1 fully saturated rings. The molecule has 2 atom stereocenters. The van der Waals surface area contributed by atoms with Crippen LogP contribution < -0.4 is 5.32 Å². The second-order valence-corrected chi connectivity index (χ2v) is 7.69. The average molecular weight is 334 g/mol. The summed E-state index contributed by atoms with van der Waals surface area (Å²) in [6, 6.07) is -0.701. The highest BCUT2D eigenvalue weighted by Gasteiger charge is 2.38. The molecule has 2 N–H and O–H groups in total. The molecular formula is C14H26N2O5S. The van der Waals surface area contributed by atoms with Gasteiger partial charge in [-0.1, -0.05) is 20.3 Å². The van der Waals surface area contributed by atoms with E-state index in [9.17, 15) is 18.0 Å². The Kier molecular flexibility index (Phi) is 7.28. The molecule has 8 heteroatoms. The molecule has 0 aliphatic carbocycles. The molecule has 1 amide bonds. The molecule has 1 saturated heterocycles. The highest BCUT2D eigenvalue weighted by molar-refractivity contribution is 7.89. The summed E-state index contributed by atoms with van der Waals surface area (Å²) in [6.45, 7) is 4.07. The summed E-state index contributed by atoms with van der Waals surface area (Å²) in [5.74, 6) is -1.93. The monoisotopic (exact) mass is 334 g/mol. The van der Waals surface area contributed by atoms with Crippen LogP contribution in [0.1, 0.15) is 46.0 Å². The van der Waals surface area contributed by atoms with Crippen molar-refractivity contribution in [3.63, 3.8) is 0 Å². The predicted octanol–water partition coefficient (Wildman–Crippen LogP) is 0.808. The van der Waals surface area contributed by atoms with Crippen LogP contribution >= 0.6 is 0 Å². The smallest absolute Gasteiger partial charge is 0.308 e. The first-order chi connectivity index (χ1) is 10.3. The third-order valence-electron chi connectivity index (χ3n) is 3.83. The molecule has 0 aromatic carbocycles. The van der Waals surface area contributed by atoms with Gasteiger partial charge in [-0.2, -0.15) is 4.31 Å². The van der Waals surface area contributed by atoms with Crippen LogP contribution in [0, 0.1) is 5.92 Å². The van der Waals surface area contributed by atoms with Gasteiger partial charge < -0.3 is 10.4 Å². The first-order valence-corrected chi connectivity index (χ1v) is 9.44. The maximum Gasteiger partial charge on any atom is 0.308 e. The fourth-order valence-electron chi connectivity index (χ4n) is 2.71. The molecule has 128 valence electrons. The van der Waals surface area contributed by atoms with Gasteiger partial charge in [0, 0.05) is 13.1 Å². The Hall–Kier alpha value is -1.15. The molecule has 1 heterocycles. The van der Waals surface area contributed by atoms with E-state index < -0.39 is 28.0 Å². The van der Waals surface area contributed by atoms with E-state index in [1.54, 1.807) is 6.92 Å². The fourth-order valence-corrected chi connectivity index (χ4v) is 4.46. The molecular weight excluding hydrogens is 308 g/mol. The normalized spacial score (nSPS) is 20.7. The molecule has 22 heavy (non-hydrogen) atoms. The lowest BCUT2D eigenvalue weighted by Gasteiger charge is -2.23. The summed E-state index contributed by atoms with van der Waals surface area (Å²) < 4.78 is 25.6. The summed E-state index contributed by atoms with van der Waals surface area (Å²) in [4.78, 5) is 23.3. The first kappa shape index (κ1) is 18.9. The molecule has 0 spiro atoms. The van der Waals surface area contributed by atoms with E-state index in [2.05, 4.69) is 5.32 Å². The number of carbonyl (C=O) groups excluding carboxylic acids is 1. The number of carboxylic acids is 1. The number of hydrogen-bond acceptors (Lipinski definition) is 4. The molecule has 0 aromatic rings. The Morgan fingerprint density at radius 2 is 2.00 bits per heavy atom. The maximum absolute atomic E-state index is 12.2. The molecule has 1 aliphatic rings. The molecule has 7 nitrogen and oxygen atoms in total. The highest BCUT2D eigenvalue weighted by atomic mass is 32.2. The number of carboxylic acid groups (broad SMARTS) is 1. The van der Waals surface area contributed by atoms with E-state index in [4.69, 9.17) is 5.11 Å². The van der Waals surface area contributed by atoms with Gasteiger partial charge in [-0.15, -0.1) is 0 Å². The number of amides is 1. The van der Waals surface area contributed by atoms with Crippen LogP contribution in [0.5, 0.6) is 0 Å². The van der Waals surface area contributed by atoms with Crippen molar-refractivity contribution in [2.75, 3.05) is 18.8 Å². The minimum atomic E-state index is -3.41. The van der Waals surface area contributed by atoms with Gasteiger partial charge in [-0.25, -0.2) is 8.42 Å². The largest absolute Gasteiger partial charge is 0.481 e. The van der Waals surface area contributed by atoms with Crippen molar-refractivity contribution in [3.8, 4) is 0 Å². The standard InChI is InChI=1S/C14H26N2O5S/c1-3-6-11(14(18)19)10-15-13(17)12-7-5-8-16(12)22(20,21)9-4-2/h11-12H,3-10H2,1-2H3,(H,15,17)(H,18,19). The Morgan fingerprint density at radius 1 is 1.32 bits per heavy atom. The lowest BCUT2D eigenvalue weighted by atomic mass is 10.0. The van der Waals surface area contributed by atoms with E-state index >= 15 is 0 Å². The Labute approximate surface area is 132 Å². The summed E-state index contributed by atoms with van der Waals surface area (Å²) in [6.07, 6.45) is 2.84. The topological polar surface area (TPSA) is 104 Å². The molecule has 1 rings (SSSR count). The van der Waals surface area contributed by atoms with Crippen molar-refractivity contribution in [1.29, 1.82) is 0 Å². The summed E-state index contributed by atoms with van der Waals surface area (Å²) in [7, 11) is -3.41. The van der Waals surface area contributed by atoms with Crippen LogP contribution in [0.3, 0.4) is 0 Å². The second-order valence-electron chi connectivity index (χ2n) is 5.65. The van der Waals surface area contributed by atoms with E-state index in [1.807, 2.05) is 6.92 Å². The second kappa shape index (κ2) is 8.47. The average Bonchev–Trinajstić information content (AvgIpc) is 2.93. The lowest BCUT2D eigenvalue weighted by Crippen LogP contribution is -2.48. The molecule has 0 bridgehead atoms. The van der Waals surface area contributed by atoms with Gasteiger partial charge in [-0.05, 0) is 25.7 Å². The van der Waals surface area contributed by atoms with Crippen LogP contribution in [0.2, 0.25) is 0 Å². The summed E-state index contributed by atoms with van der Waals surface area (Å²) in [5, 5.41) is 11.7. The minimum Gasteiger partial charge on any atom is -0.481 e. The number of carbonyl (C=O) groups is 2. The number of hydrogen-bond donors (Lipinski definition) is 2. The SMILES string of the molecule is CCCC(CNC(=O)C1CCCN1S(=O)(=O)CCC)C(=O)O. The lowest BCUT2D eigenvalue weighted by molar-refractivity contribution is -0.142. The zero-order chi connectivity index (χ0) is 16.8. The number of sulfonamides is 1. The van der Waals surface area contributed by atoms with Gasteiger partial charge in [0.1, 0.15) is 6.04 Å². The van der Waals surface area contributed by atoms with E-state index in [0.717, 1.165) is 0 Å². The van der Waals surface area contributed by atoms with Crippen LogP contribution in [0.25, 0.3) is 0 Å². The fraction of sp³-hybridized carbons (Fsp3) is 0.857.